The second-order valence-corrected chi connectivity index (χ2v) is 5.02. The van der Waals surface area contributed by atoms with Gasteiger partial charge in [0.15, 0.2) is 5.78 Å². The van der Waals surface area contributed by atoms with E-state index in [4.69, 9.17) is 9.39 Å². The molecule has 1 heterocycles. The molecule has 110 valence electrons. The van der Waals surface area contributed by atoms with E-state index in [2.05, 4.69) is 0 Å². The van der Waals surface area contributed by atoms with Crippen LogP contribution in [0.5, 0.6) is 5.75 Å². The zero-order valence-electron chi connectivity index (χ0n) is 12.2. The first-order chi connectivity index (χ1) is 10.7. The molecule has 2 aromatic rings. The van der Waals surface area contributed by atoms with E-state index in [0.717, 1.165) is 16.6 Å². The molecule has 3 rings (SSSR count). The van der Waals surface area contributed by atoms with Crippen LogP contribution in [-0.2, 0) is 11.3 Å². The fraction of sp³-hybridized carbons (Fsp3) is 0.118. The lowest BCUT2D eigenvalue weighted by Crippen LogP contribution is -2.28. The number of ketones is 1. The Morgan fingerprint density at radius 3 is 2.95 bits per heavy atom. The summed E-state index contributed by atoms with van der Waals surface area (Å²) in [5.41, 5.74) is 3.09. The minimum atomic E-state index is -0.881. The SMILES string of the molecule is COc1ccccc1C(=O)/C=C/c1ccc2c(c1)B(O)OC2. The molecule has 0 saturated carbocycles. The number of carbonyl (C=O) groups excluding carboxylic acids is 1. The first-order valence-corrected chi connectivity index (χ1v) is 6.97. The molecule has 0 unspecified atom stereocenters. The smallest absolute Gasteiger partial charge is 0.491 e. The Morgan fingerprint density at radius 1 is 1.32 bits per heavy atom. The summed E-state index contributed by atoms with van der Waals surface area (Å²) < 4.78 is 10.3. The summed E-state index contributed by atoms with van der Waals surface area (Å²) in [5, 5.41) is 9.70. The maximum absolute atomic E-state index is 12.3. The molecule has 0 atom stereocenters. The lowest BCUT2D eigenvalue weighted by atomic mass is 9.79. The molecule has 0 radical (unpaired) electrons. The highest BCUT2D eigenvalue weighted by Crippen LogP contribution is 2.19. The van der Waals surface area contributed by atoms with Crippen LogP contribution in [0, 0.1) is 0 Å². The summed E-state index contributed by atoms with van der Waals surface area (Å²) in [6, 6.07) is 12.7. The maximum atomic E-state index is 12.3. The summed E-state index contributed by atoms with van der Waals surface area (Å²) in [6.45, 7) is 0.417. The summed E-state index contributed by atoms with van der Waals surface area (Å²) in [4.78, 5) is 12.3. The van der Waals surface area contributed by atoms with Gasteiger partial charge in [0.1, 0.15) is 5.75 Å². The zero-order chi connectivity index (χ0) is 15.5. The minimum Gasteiger partial charge on any atom is -0.496 e. The number of benzene rings is 2. The summed E-state index contributed by atoms with van der Waals surface area (Å²) in [6.07, 6.45) is 3.22. The topological polar surface area (TPSA) is 55.8 Å². The number of fused-ring (bicyclic) bond motifs is 1. The summed E-state index contributed by atoms with van der Waals surface area (Å²) in [7, 11) is 0.658. The van der Waals surface area contributed by atoms with Crippen LogP contribution in [-0.4, -0.2) is 25.0 Å². The fourth-order valence-corrected chi connectivity index (χ4v) is 2.45. The van der Waals surface area contributed by atoms with E-state index >= 15 is 0 Å². The van der Waals surface area contributed by atoms with E-state index < -0.39 is 7.12 Å². The number of rotatable bonds is 4. The van der Waals surface area contributed by atoms with Crippen molar-refractivity contribution in [2.75, 3.05) is 7.11 Å². The van der Waals surface area contributed by atoms with Crippen LogP contribution in [0.15, 0.2) is 48.5 Å². The van der Waals surface area contributed by atoms with Crippen LogP contribution in [0.1, 0.15) is 21.5 Å². The van der Waals surface area contributed by atoms with Crippen molar-refractivity contribution in [3.8, 4) is 5.75 Å². The average molecular weight is 294 g/mol. The lowest BCUT2D eigenvalue weighted by Gasteiger charge is -2.04. The Labute approximate surface area is 129 Å². The standard InChI is InChI=1S/C17H15BO4/c1-21-17-5-3-2-4-14(17)16(19)9-7-12-6-8-13-11-22-18(20)15(13)10-12/h2-10,20H,11H2,1H3/b9-7+. The second-order valence-electron chi connectivity index (χ2n) is 5.02. The second kappa shape index (κ2) is 6.18. The molecule has 22 heavy (non-hydrogen) atoms. The van der Waals surface area contributed by atoms with Crippen LogP contribution >= 0.6 is 0 Å². The minimum absolute atomic E-state index is 0.130. The van der Waals surface area contributed by atoms with Gasteiger partial charge in [0.25, 0.3) is 0 Å². The molecule has 0 saturated heterocycles. The number of ether oxygens (including phenoxy) is 1. The van der Waals surface area contributed by atoms with Crippen molar-refractivity contribution in [2.24, 2.45) is 0 Å². The van der Waals surface area contributed by atoms with E-state index in [9.17, 15) is 9.82 Å². The van der Waals surface area contributed by atoms with Gasteiger partial charge in [-0.2, -0.15) is 0 Å². The molecule has 1 aliphatic heterocycles. The van der Waals surface area contributed by atoms with Gasteiger partial charge in [-0.25, -0.2) is 0 Å². The van der Waals surface area contributed by atoms with Crippen molar-refractivity contribution in [3.05, 3.63) is 65.2 Å². The Bertz CT molecular complexity index is 739. The number of para-hydroxylation sites is 1. The summed E-state index contributed by atoms with van der Waals surface area (Å²) >= 11 is 0. The predicted molar refractivity (Wildman–Crippen MR) is 85.2 cm³/mol. The van der Waals surface area contributed by atoms with Gasteiger partial charge in [-0.3, -0.25) is 4.79 Å². The molecule has 0 amide bonds. The van der Waals surface area contributed by atoms with Crippen LogP contribution in [0.3, 0.4) is 0 Å². The van der Waals surface area contributed by atoms with Crippen LogP contribution in [0.2, 0.25) is 0 Å². The van der Waals surface area contributed by atoms with E-state index in [1.165, 1.54) is 13.2 Å². The third-order valence-electron chi connectivity index (χ3n) is 3.63. The lowest BCUT2D eigenvalue weighted by molar-refractivity contribution is 0.104. The van der Waals surface area contributed by atoms with E-state index in [-0.39, 0.29) is 5.78 Å². The van der Waals surface area contributed by atoms with E-state index in [1.807, 2.05) is 24.3 Å². The Balaban J connectivity index is 1.82. The molecule has 0 fully saturated rings. The van der Waals surface area contributed by atoms with Gasteiger partial charge in [0, 0.05) is 0 Å². The average Bonchev–Trinajstić information content (AvgIpc) is 2.93. The Morgan fingerprint density at radius 2 is 2.14 bits per heavy atom. The largest absolute Gasteiger partial charge is 0.496 e. The van der Waals surface area contributed by atoms with Crippen LogP contribution in [0.25, 0.3) is 6.08 Å². The van der Waals surface area contributed by atoms with Crippen molar-refractivity contribution in [1.29, 1.82) is 0 Å². The molecule has 1 N–H and O–H groups in total. The highest BCUT2D eigenvalue weighted by Gasteiger charge is 2.26. The maximum Gasteiger partial charge on any atom is 0.491 e. The van der Waals surface area contributed by atoms with Crippen molar-refractivity contribution >= 4 is 24.4 Å². The van der Waals surface area contributed by atoms with E-state index in [0.29, 0.717) is 17.9 Å². The molecule has 0 bridgehead atoms. The molecule has 0 spiro atoms. The van der Waals surface area contributed by atoms with Gasteiger partial charge in [-0.1, -0.05) is 36.4 Å². The van der Waals surface area contributed by atoms with Crippen molar-refractivity contribution < 1.29 is 19.2 Å². The first-order valence-electron chi connectivity index (χ1n) is 6.97. The first kappa shape index (κ1) is 14.6. The Kier molecular flexibility index (Phi) is 4.09. The Hall–Kier alpha value is -2.37. The monoisotopic (exact) mass is 294 g/mol. The zero-order valence-corrected chi connectivity index (χ0v) is 12.2. The molecule has 4 nitrogen and oxygen atoms in total. The molecular formula is C17H15BO4. The molecule has 1 aliphatic rings. The fourth-order valence-electron chi connectivity index (χ4n) is 2.45. The number of carbonyl (C=O) groups is 1. The quantitative estimate of drug-likeness (QED) is 0.531. The normalized spacial score (nSPS) is 13.5. The highest BCUT2D eigenvalue weighted by molar-refractivity contribution is 6.61. The van der Waals surface area contributed by atoms with Gasteiger partial charge in [-0.05, 0) is 34.8 Å². The number of hydrogen-bond acceptors (Lipinski definition) is 4. The van der Waals surface area contributed by atoms with Crippen molar-refractivity contribution in [3.63, 3.8) is 0 Å². The summed E-state index contributed by atoms with van der Waals surface area (Å²) in [5.74, 6) is 0.421. The number of allylic oxidation sites excluding steroid dienone is 1. The van der Waals surface area contributed by atoms with Gasteiger partial charge in [0.05, 0.1) is 19.3 Å². The third-order valence-corrected chi connectivity index (χ3v) is 3.63. The molecule has 0 aromatic heterocycles. The van der Waals surface area contributed by atoms with Gasteiger partial charge in [-0.15, -0.1) is 0 Å². The van der Waals surface area contributed by atoms with Gasteiger partial charge in [0.2, 0.25) is 0 Å². The van der Waals surface area contributed by atoms with Crippen molar-refractivity contribution in [2.45, 2.75) is 6.61 Å². The van der Waals surface area contributed by atoms with Crippen LogP contribution in [0.4, 0.5) is 0 Å². The van der Waals surface area contributed by atoms with Gasteiger partial charge >= 0.3 is 7.12 Å². The third kappa shape index (κ3) is 2.82. The van der Waals surface area contributed by atoms with E-state index in [1.54, 1.807) is 24.3 Å². The highest BCUT2D eigenvalue weighted by atomic mass is 16.5. The molecular weight excluding hydrogens is 279 g/mol. The molecule has 2 aromatic carbocycles. The van der Waals surface area contributed by atoms with Crippen molar-refractivity contribution in [1.82, 2.24) is 0 Å². The number of methoxy groups -OCH3 is 1. The molecule has 0 aliphatic carbocycles. The predicted octanol–water partition coefficient (Wildman–Crippen LogP) is 1.81. The van der Waals surface area contributed by atoms with Crippen LogP contribution < -0.4 is 10.2 Å². The molecule has 5 heteroatoms. The number of hydrogen-bond donors (Lipinski definition) is 1. The van der Waals surface area contributed by atoms with Gasteiger partial charge < -0.3 is 14.4 Å².